The maximum absolute atomic E-state index is 11.7. The summed E-state index contributed by atoms with van der Waals surface area (Å²) in [5, 5.41) is 8.45. The number of aliphatic carboxylic acids is 1. The van der Waals surface area contributed by atoms with Gasteiger partial charge in [0.1, 0.15) is 0 Å². The molecule has 1 fully saturated rings. The predicted octanol–water partition coefficient (Wildman–Crippen LogP) is 0.581. The minimum atomic E-state index is -0.799. The number of carboxylic acids is 1. The van der Waals surface area contributed by atoms with Crippen LogP contribution in [0, 0.1) is 0 Å². The van der Waals surface area contributed by atoms with E-state index in [1.165, 1.54) is 0 Å². The van der Waals surface area contributed by atoms with E-state index in [9.17, 15) is 9.59 Å². The average Bonchev–Trinajstić information content (AvgIpc) is 2.24. The monoisotopic (exact) mass is 228 g/mol. The standard InChI is InChI=1S/C11H20N2O3/c12-9-4-3-7-13(8-9)10(14)5-1-2-6-11(15)16/h9H,1-8,12H2,(H,15,16). The van der Waals surface area contributed by atoms with E-state index in [-0.39, 0.29) is 18.4 Å². The lowest BCUT2D eigenvalue weighted by Crippen LogP contribution is -2.45. The number of rotatable bonds is 5. The Morgan fingerprint density at radius 2 is 2.00 bits per heavy atom. The number of piperidine rings is 1. The van der Waals surface area contributed by atoms with Crippen LogP contribution in [0.25, 0.3) is 0 Å². The van der Waals surface area contributed by atoms with E-state index in [0.717, 1.165) is 19.4 Å². The lowest BCUT2D eigenvalue weighted by molar-refractivity contribution is -0.137. The Hall–Kier alpha value is -1.10. The van der Waals surface area contributed by atoms with E-state index in [0.29, 0.717) is 25.8 Å². The van der Waals surface area contributed by atoms with Crippen molar-refractivity contribution in [3.8, 4) is 0 Å². The van der Waals surface area contributed by atoms with Crippen molar-refractivity contribution in [2.24, 2.45) is 5.73 Å². The van der Waals surface area contributed by atoms with Gasteiger partial charge in [0.2, 0.25) is 5.91 Å². The summed E-state index contributed by atoms with van der Waals surface area (Å²) < 4.78 is 0. The van der Waals surface area contributed by atoms with Gasteiger partial charge in [0, 0.05) is 32.0 Å². The van der Waals surface area contributed by atoms with Crippen LogP contribution in [-0.2, 0) is 9.59 Å². The maximum atomic E-state index is 11.7. The van der Waals surface area contributed by atoms with Crippen molar-refractivity contribution in [1.82, 2.24) is 4.90 Å². The molecular weight excluding hydrogens is 208 g/mol. The molecule has 3 N–H and O–H groups in total. The van der Waals surface area contributed by atoms with Gasteiger partial charge in [0.15, 0.2) is 0 Å². The second-order valence-corrected chi connectivity index (χ2v) is 4.34. The Bertz CT molecular complexity index is 256. The van der Waals surface area contributed by atoms with Gasteiger partial charge in [-0.1, -0.05) is 0 Å². The van der Waals surface area contributed by atoms with Crippen LogP contribution in [0.5, 0.6) is 0 Å². The number of carboxylic acid groups (broad SMARTS) is 1. The third-order valence-electron chi connectivity index (χ3n) is 2.84. The molecule has 1 amide bonds. The molecule has 1 heterocycles. The van der Waals surface area contributed by atoms with E-state index < -0.39 is 5.97 Å². The highest BCUT2D eigenvalue weighted by Crippen LogP contribution is 2.11. The first-order valence-corrected chi connectivity index (χ1v) is 5.84. The summed E-state index contributed by atoms with van der Waals surface area (Å²) in [6.45, 7) is 1.45. The summed E-state index contributed by atoms with van der Waals surface area (Å²) in [7, 11) is 0. The summed E-state index contributed by atoms with van der Waals surface area (Å²) in [6, 6.07) is 0.108. The van der Waals surface area contributed by atoms with E-state index in [1.54, 1.807) is 4.90 Å². The largest absolute Gasteiger partial charge is 0.481 e. The van der Waals surface area contributed by atoms with E-state index >= 15 is 0 Å². The molecule has 0 aliphatic carbocycles. The van der Waals surface area contributed by atoms with Crippen LogP contribution >= 0.6 is 0 Å². The SMILES string of the molecule is NC1CCCN(C(=O)CCCCC(=O)O)C1. The topological polar surface area (TPSA) is 83.6 Å². The molecule has 0 aromatic rings. The molecule has 92 valence electrons. The highest BCUT2D eigenvalue weighted by atomic mass is 16.4. The molecule has 5 nitrogen and oxygen atoms in total. The third-order valence-corrected chi connectivity index (χ3v) is 2.84. The lowest BCUT2D eigenvalue weighted by atomic mass is 10.1. The van der Waals surface area contributed by atoms with Gasteiger partial charge in [-0.25, -0.2) is 0 Å². The number of nitrogens with zero attached hydrogens (tertiary/aromatic N) is 1. The summed E-state index contributed by atoms with van der Waals surface area (Å²) in [5.74, 6) is -0.687. The number of carbonyl (C=O) groups is 2. The van der Waals surface area contributed by atoms with Crippen LogP contribution in [0.1, 0.15) is 38.5 Å². The number of carbonyl (C=O) groups excluding carboxylic acids is 1. The smallest absolute Gasteiger partial charge is 0.303 e. The fraction of sp³-hybridized carbons (Fsp3) is 0.818. The predicted molar refractivity (Wildman–Crippen MR) is 59.9 cm³/mol. The molecule has 0 aromatic heterocycles. The molecule has 1 rings (SSSR count). The van der Waals surface area contributed by atoms with Gasteiger partial charge >= 0.3 is 5.97 Å². The second kappa shape index (κ2) is 6.48. The summed E-state index contributed by atoms with van der Waals surface area (Å²) in [6.07, 6.45) is 3.77. The van der Waals surface area contributed by atoms with E-state index in [2.05, 4.69) is 0 Å². The fourth-order valence-electron chi connectivity index (χ4n) is 1.95. The molecule has 0 radical (unpaired) electrons. The molecule has 0 aromatic carbocycles. The first-order chi connectivity index (χ1) is 7.59. The van der Waals surface area contributed by atoms with E-state index in [1.807, 2.05) is 0 Å². The molecule has 1 aliphatic heterocycles. The van der Waals surface area contributed by atoms with Crippen LogP contribution < -0.4 is 5.73 Å². The molecule has 16 heavy (non-hydrogen) atoms. The zero-order valence-electron chi connectivity index (χ0n) is 9.52. The van der Waals surface area contributed by atoms with Gasteiger partial charge < -0.3 is 15.7 Å². The minimum absolute atomic E-state index is 0.108. The van der Waals surface area contributed by atoms with Crippen molar-refractivity contribution in [1.29, 1.82) is 0 Å². The molecule has 1 saturated heterocycles. The van der Waals surface area contributed by atoms with Crippen LogP contribution in [0.2, 0.25) is 0 Å². The molecule has 0 saturated carbocycles. The molecule has 1 atom stereocenters. The first kappa shape index (κ1) is 13.0. The average molecular weight is 228 g/mol. The van der Waals surface area contributed by atoms with Crippen molar-refractivity contribution in [2.45, 2.75) is 44.6 Å². The molecule has 1 aliphatic rings. The molecule has 0 bridgehead atoms. The van der Waals surface area contributed by atoms with Gasteiger partial charge in [-0.05, 0) is 25.7 Å². The van der Waals surface area contributed by atoms with Gasteiger partial charge in [0.05, 0.1) is 0 Å². The normalized spacial score (nSPS) is 20.8. The Morgan fingerprint density at radius 1 is 1.31 bits per heavy atom. The van der Waals surface area contributed by atoms with Crippen molar-refractivity contribution < 1.29 is 14.7 Å². The number of hydrogen-bond donors (Lipinski definition) is 2. The third kappa shape index (κ3) is 4.61. The number of unbranched alkanes of at least 4 members (excludes halogenated alkanes) is 1. The zero-order valence-corrected chi connectivity index (χ0v) is 9.52. The van der Waals surface area contributed by atoms with Gasteiger partial charge in [-0.2, -0.15) is 0 Å². The van der Waals surface area contributed by atoms with Gasteiger partial charge in [0.25, 0.3) is 0 Å². The summed E-state index contributed by atoms with van der Waals surface area (Å²) in [4.78, 5) is 23.8. The Morgan fingerprint density at radius 3 is 2.62 bits per heavy atom. The Balaban J connectivity index is 2.16. The summed E-state index contributed by atoms with van der Waals surface area (Å²) in [5.41, 5.74) is 5.79. The molecule has 0 spiro atoms. The van der Waals surface area contributed by atoms with Crippen molar-refractivity contribution in [2.75, 3.05) is 13.1 Å². The van der Waals surface area contributed by atoms with Gasteiger partial charge in [-0.3, -0.25) is 9.59 Å². The quantitative estimate of drug-likeness (QED) is 0.674. The first-order valence-electron chi connectivity index (χ1n) is 5.84. The van der Waals surface area contributed by atoms with Gasteiger partial charge in [-0.15, -0.1) is 0 Å². The zero-order chi connectivity index (χ0) is 12.0. The van der Waals surface area contributed by atoms with Crippen LogP contribution in [0.3, 0.4) is 0 Å². The van der Waals surface area contributed by atoms with Crippen molar-refractivity contribution >= 4 is 11.9 Å². The molecule has 1 unspecified atom stereocenters. The number of likely N-dealkylation sites (tertiary alicyclic amines) is 1. The summed E-state index contributed by atoms with van der Waals surface area (Å²) >= 11 is 0. The number of amides is 1. The maximum Gasteiger partial charge on any atom is 0.303 e. The number of nitrogens with two attached hydrogens (primary N) is 1. The minimum Gasteiger partial charge on any atom is -0.481 e. The van der Waals surface area contributed by atoms with Crippen LogP contribution in [0.15, 0.2) is 0 Å². The second-order valence-electron chi connectivity index (χ2n) is 4.34. The Kier molecular flexibility index (Phi) is 5.25. The highest BCUT2D eigenvalue weighted by molar-refractivity contribution is 5.76. The van der Waals surface area contributed by atoms with E-state index in [4.69, 9.17) is 10.8 Å². The lowest BCUT2D eigenvalue weighted by Gasteiger charge is -2.30. The fourth-order valence-corrected chi connectivity index (χ4v) is 1.95. The molecular formula is C11H20N2O3. The van der Waals surface area contributed by atoms with Crippen LogP contribution in [0.4, 0.5) is 0 Å². The van der Waals surface area contributed by atoms with Crippen LogP contribution in [-0.4, -0.2) is 41.0 Å². The van der Waals surface area contributed by atoms with Crippen molar-refractivity contribution in [3.05, 3.63) is 0 Å². The highest BCUT2D eigenvalue weighted by Gasteiger charge is 2.20. The van der Waals surface area contributed by atoms with Crippen molar-refractivity contribution in [3.63, 3.8) is 0 Å². The molecule has 5 heteroatoms. The number of hydrogen-bond acceptors (Lipinski definition) is 3. The Labute approximate surface area is 95.6 Å².